The number of para-hydroxylation sites is 1. The van der Waals surface area contributed by atoms with Gasteiger partial charge in [0.25, 0.3) is 0 Å². The number of aromatic nitrogens is 2. The number of halogens is 1. The smallest absolute Gasteiger partial charge is 0.237 e. The van der Waals surface area contributed by atoms with E-state index < -0.39 is 5.54 Å². The van der Waals surface area contributed by atoms with E-state index in [0.717, 1.165) is 36.3 Å². The van der Waals surface area contributed by atoms with E-state index in [-0.39, 0.29) is 18.3 Å². The number of thioether (sulfide) groups is 1. The number of carbonyl (C=O) groups excluding carboxylic acids is 1. The molecule has 2 N–H and O–H groups in total. The van der Waals surface area contributed by atoms with Gasteiger partial charge in [-0.1, -0.05) is 30.1 Å². The summed E-state index contributed by atoms with van der Waals surface area (Å²) in [5, 5.41) is 4.08. The van der Waals surface area contributed by atoms with Gasteiger partial charge < -0.3 is 15.2 Å². The van der Waals surface area contributed by atoms with Crippen LogP contribution in [0.15, 0.2) is 33.7 Å². The zero-order chi connectivity index (χ0) is 16.6. The Morgan fingerprint density at radius 3 is 2.84 bits per heavy atom. The molecule has 4 rings (SSSR count). The molecule has 1 aromatic heterocycles. The number of anilines is 1. The minimum absolute atomic E-state index is 0. The normalized spacial score (nSPS) is 18.8. The Balaban J connectivity index is 0.00000182. The van der Waals surface area contributed by atoms with Crippen molar-refractivity contribution in [2.45, 2.75) is 42.5 Å². The fourth-order valence-corrected chi connectivity index (χ4v) is 4.33. The third-order valence-corrected chi connectivity index (χ3v) is 5.81. The van der Waals surface area contributed by atoms with E-state index in [4.69, 9.17) is 10.3 Å². The summed E-state index contributed by atoms with van der Waals surface area (Å²) in [7, 11) is 0. The molecule has 1 aromatic carbocycles. The highest BCUT2D eigenvalue weighted by Gasteiger charge is 2.36. The predicted molar refractivity (Wildman–Crippen MR) is 99.1 cm³/mol. The molecule has 1 aliphatic heterocycles. The number of hydrogen-bond acceptors (Lipinski definition) is 6. The van der Waals surface area contributed by atoms with Crippen LogP contribution in [0, 0.1) is 0 Å². The number of fused-ring (bicyclic) bond motifs is 1. The van der Waals surface area contributed by atoms with Gasteiger partial charge in [-0.3, -0.25) is 4.79 Å². The third-order valence-electron chi connectivity index (χ3n) is 4.77. The van der Waals surface area contributed by atoms with Crippen LogP contribution in [0.5, 0.6) is 0 Å². The Bertz CT molecular complexity index is 761. The molecule has 0 bridgehead atoms. The van der Waals surface area contributed by atoms with E-state index in [9.17, 15) is 4.79 Å². The first-order valence-corrected chi connectivity index (χ1v) is 9.28. The van der Waals surface area contributed by atoms with E-state index in [2.05, 4.69) is 10.1 Å². The van der Waals surface area contributed by atoms with Gasteiger partial charge in [-0.2, -0.15) is 4.98 Å². The van der Waals surface area contributed by atoms with Crippen LogP contribution in [0.1, 0.15) is 37.4 Å². The maximum absolute atomic E-state index is 12.3. The van der Waals surface area contributed by atoms with Crippen LogP contribution in [-0.2, 0) is 16.8 Å². The van der Waals surface area contributed by atoms with Gasteiger partial charge in [-0.05, 0) is 25.0 Å². The van der Waals surface area contributed by atoms with Crippen molar-refractivity contribution < 1.29 is 9.32 Å². The summed E-state index contributed by atoms with van der Waals surface area (Å²) in [6.45, 7) is 0.537. The van der Waals surface area contributed by atoms with Crippen molar-refractivity contribution in [3.63, 3.8) is 0 Å². The lowest BCUT2D eigenvalue weighted by Crippen LogP contribution is -2.37. The molecule has 0 atom stereocenters. The maximum atomic E-state index is 12.3. The van der Waals surface area contributed by atoms with Gasteiger partial charge in [0.05, 0.1) is 17.0 Å². The van der Waals surface area contributed by atoms with Gasteiger partial charge in [0.1, 0.15) is 0 Å². The molecule has 8 heteroatoms. The van der Waals surface area contributed by atoms with Gasteiger partial charge in [-0.25, -0.2) is 0 Å². The number of nitrogens with two attached hydrogens (primary N) is 1. The Morgan fingerprint density at radius 2 is 2.04 bits per heavy atom. The molecular formula is C17H21ClN4O2S. The van der Waals surface area contributed by atoms with Crippen LogP contribution < -0.4 is 10.6 Å². The molecule has 1 fully saturated rings. The largest absolute Gasteiger partial charge is 0.339 e. The van der Waals surface area contributed by atoms with Crippen LogP contribution in [0.25, 0.3) is 0 Å². The zero-order valence-corrected chi connectivity index (χ0v) is 15.4. The van der Waals surface area contributed by atoms with Crippen LogP contribution in [0.2, 0.25) is 0 Å². The lowest BCUT2D eigenvalue weighted by Gasteiger charge is -2.28. The van der Waals surface area contributed by atoms with Crippen molar-refractivity contribution in [1.29, 1.82) is 0 Å². The lowest BCUT2D eigenvalue weighted by atomic mass is 9.99. The van der Waals surface area contributed by atoms with Crippen LogP contribution in [-0.4, -0.2) is 28.3 Å². The van der Waals surface area contributed by atoms with Crippen molar-refractivity contribution in [1.82, 2.24) is 10.1 Å². The van der Waals surface area contributed by atoms with Crippen LogP contribution in [0.4, 0.5) is 5.69 Å². The number of amides is 1. The number of hydrogen-bond donors (Lipinski definition) is 1. The van der Waals surface area contributed by atoms with Gasteiger partial charge in [0, 0.05) is 17.9 Å². The Labute approximate surface area is 156 Å². The summed E-state index contributed by atoms with van der Waals surface area (Å²) < 4.78 is 5.37. The van der Waals surface area contributed by atoms with Crippen molar-refractivity contribution >= 4 is 35.8 Å². The molecule has 2 heterocycles. The Morgan fingerprint density at radius 1 is 1.28 bits per heavy atom. The maximum Gasteiger partial charge on any atom is 0.237 e. The highest BCUT2D eigenvalue weighted by Crippen LogP contribution is 2.36. The van der Waals surface area contributed by atoms with E-state index in [1.165, 1.54) is 0 Å². The molecule has 1 saturated carbocycles. The molecule has 1 amide bonds. The molecular weight excluding hydrogens is 360 g/mol. The van der Waals surface area contributed by atoms with Gasteiger partial charge in [0.2, 0.25) is 11.8 Å². The second-order valence-electron chi connectivity index (χ2n) is 6.43. The van der Waals surface area contributed by atoms with Crippen molar-refractivity contribution in [2.24, 2.45) is 5.73 Å². The average molecular weight is 381 g/mol. The van der Waals surface area contributed by atoms with Crippen molar-refractivity contribution in [3.05, 3.63) is 36.0 Å². The fraction of sp³-hybridized carbons (Fsp3) is 0.471. The van der Waals surface area contributed by atoms with Crippen LogP contribution >= 0.6 is 24.2 Å². The number of carbonyl (C=O) groups is 1. The molecule has 0 saturated heterocycles. The second kappa shape index (κ2) is 7.35. The van der Waals surface area contributed by atoms with E-state index in [0.29, 0.717) is 30.4 Å². The highest BCUT2D eigenvalue weighted by molar-refractivity contribution is 8.00. The molecule has 134 valence electrons. The van der Waals surface area contributed by atoms with Gasteiger partial charge in [0.15, 0.2) is 5.82 Å². The Kier molecular flexibility index (Phi) is 5.36. The molecule has 6 nitrogen and oxygen atoms in total. The monoisotopic (exact) mass is 380 g/mol. The lowest BCUT2D eigenvalue weighted by molar-refractivity contribution is -0.116. The first-order chi connectivity index (χ1) is 11.7. The number of nitrogens with zero attached hydrogens (tertiary/aromatic N) is 3. The standard InChI is InChI=1S/C17H20N4O2S.ClH/c18-17(8-3-4-9-17)16-19-14(23-20-16)7-10-21-12-5-1-2-6-13(12)24-11-15(21)22;/h1-2,5-6H,3-4,7-11,18H2;1H. The molecule has 25 heavy (non-hydrogen) atoms. The van der Waals surface area contributed by atoms with Crippen molar-refractivity contribution in [2.75, 3.05) is 17.2 Å². The fourth-order valence-electron chi connectivity index (χ4n) is 3.39. The third kappa shape index (κ3) is 3.54. The van der Waals surface area contributed by atoms with E-state index in [1.807, 2.05) is 29.2 Å². The second-order valence-corrected chi connectivity index (χ2v) is 7.44. The quantitative estimate of drug-likeness (QED) is 0.877. The summed E-state index contributed by atoms with van der Waals surface area (Å²) in [6.07, 6.45) is 4.56. The average Bonchev–Trinajstić information content (AvgIpc) is 3.24. The number of benzene rings is 1. The summed E-state index contributed by atoms with van der Waals surface area (Å²) in [5.74, 6) is 1.74. The van der Waals surface area contributed by atoms with Crippen LogP contribution in [0.3, 0.4) is 0 Å². The predicted octanol–water partition coefficient (Wildman–Crippen LogP) is 2.90. The summed E-state index contributed by atoms with van der Waals surface area (Å²) in [6, 6.07) is 7.97. The minimum Gasteiger partial charge on any atom is -0.339 e. The summed E-state index contributed by atoms with van der Waals surface area (Å²) in [5.41, 5.74) is 6.89. The zero-order valence-electron chi connectivity index (χ0n) is 13.8. The van der Waals surface area contributed by atoms with Gasteiger partial charge >= 0.3 is 0 Å². The molecule has 0 unspecified atom stereocenters. The Hall–Kier alpha value is -1.57. The molecule has 2 aromatic rings. The number of rotatable bonds is 4. The summed E-state index contributed by atoms with van der Waals surface area (Å²) in [4.78, 5) is 19.7. The first kappa shape index (κ1) is 18.2. The van der Waals surface area contributed by atoms with Crippen molar-refractivity contribution in [3.8, 4) is 0 Å². The van der Waals surface area contributed by atoms with Gasteiger partial charge in [-0.15, -0.1) is 24.2 Å². The SMILES string of the molecule is Cl.NC1(c2noc(CCN3C(=O)CSc4ccccc43)n2)CCCC1. The summed E-state index contributed by atoms with van der Waals surface area (Å²) >= 11 is 1.58. The first-order valence-electron chi connectivity index (χ1n) is 8.30. The van der Waals surface area contributed by atoms with E-state index in [1.54, 1.807) is 11.8 Å². The van der Waals surface area contributed by atoms with E-state index >= 15 is 0 Å². The molecule has 0 radical (unpaired) electrons. The molecule has 1 aliphatic carbocycles. The topological polar surface area (TPSA) is 85.2 Å². The minimum atomic E-state index is -0.439. The molecule has 2 aliphatic rings. The highest BCUT2D eigenvalue weighted by atomic mass is 35.5. The molecule has 0 spiro atoms.